The average Bonchev–Trinajstić information content (AvgIpc) is 2.42. The van der Waals surface area contributed by atoms with Gasteiger partial charge in [-0.05, 0) is 32.6 Å². The number of alkyl halides is 1. The van der Waals surface area contributed by atoms with Gasteiger partial charge in [0, 0.05) is 6.54 Å². The van der Waals surface area contributed by atoms with Gasteiger partial charge < -0.3 is 10.4 Å². The van der Waals surface area contributed by atoms with Crippen molar-refractivity contribution in [1.82, 2.24) is 5.32 Å². The highest BCUT2D eigenvalue weighted by molar-refractivity contribution is 9.10. The Labute approximate surface area is 99.8 Å². The van der Waals surface area contributed by atoms with Crippen molar-refractivity contribution >= 4 is 21.8 Å². The third kappa shape index (κ3) is 3.18. The first kappa shape index (κ1) is 13.0. The number of hydrogen-bond acceptors (Lipinski definition) is 2. The van der Waals surface area contributed by atoms with E-state index >= 15 is 0 Å². The fraction of sp³-hybridized carbons (Fsp3) is 0.909. The van der Waals surface area contributed by atoms with Crippen LogP contribution in [0.1, 0.15) is 40.0 Å². The summed E-state index contributed by atoms with van der Waals surface area (Å²) >= 11 is 3.29. The summed E-state index contributed by atoms with van der Waals surface area (Å²) in [5, 5.41) is 13.0. The van der Waals surface area contributed by atoms with Crippen LogP contribution in [0.3, 0.4) is 0 Å². The lowest BCUT2D eigenvalue weighted by Crippen LogP contribution is -2.48. The molecule has 15 heavy (non-hydrogen) atoms. The number of nitrogens with one attached hydrogen (secondary N) is 1. The van der Waals surface area contributed by atoms with Crippen LogP contribution < -0.4 is 5.32 Å². The van der Waals surface area contributed by atoms with Crippen LogP contribution in [-0.2, 0) is 4.79 Å². The highest BCUT2D eigenvalue weighted by Crippen LogP contribution is 2.34. The SMILES string of the molecule is CC1CCCC1(O)CNC(=O)C(C)(C)Br. The van der Waals surface area contributed by atoms with E-state index in [0.29, 0.717) is 6.54 Å². The fourth-order valence-electron chi connectivity index (χ4n) is 1.94. The topological polar surface area (TPSA) is 49.3 Å². The highest BCUT2D eigenvalue weighted by atomic mass is 79.9. The van der Waals surface area contributed by atoms with Crippen LogP contribution in [0.15, 0.2) is 0 Å². The second kappa shape index (κ2) is 4.42. The summed E-state index contributed by atoms with van der Waals surface area (Å²) in [5.41, 5.74) is -0.700. The molecule has 1 aliphatic rings. The average molecular weight is 278 g/mol. The van der Waals surface area contributed by atoms with Gasteiger partial charge in [-0.3, -0.25) is 4.79 Å². The molecule has 2 N–H and O–H groups in total. The van der Waals surface area contributed by atoms with Crippen LogP contribution in [0.25, 0.3) is 0 Å². The Bertz CT molecular complexity index is 249. The van der Waals surface area contributed by atoms with Crippen molar-refractivity contribution in [1.29, 1.82) is 0 Å². The maximum atomic E-state index is 11.6. The Morgan fingerprint density at radius 2 is 2.27 bits per heavy atom. The predicted molar refractivity (Wildman–Crippen MR) is 64.0 cm³/mol. The van der Waals surface area contributed by atoms with Gasteiger partial charge in [-0.25, -0.2) is 0 Å². The van der Waals surface area contributed by atoms with Crippen molar-refractivity contribution in [2.45, 2.75) is 50.0 Å². The van der Waals surface area contributed by atoms with E-state index in [9.17, 15) is 9.90 Å². The molecule has 1 fully saturated rings. The van der Waals surface area contributed by atoms with E-state index in [1.807, 2.05) is 6.92 Å². The molecule has 2 atom stereocenters. The fourth-order valence-corrected chi connectivity index (χ4v) is 2.08. The lowest BCUT2D eigenvalue weighted by molar-refractivity contribution is -0.124. The van der Waals surface area contributed by atoms with E-state index in [4.69, 9.17) is 0 Å². The number of hydrogen-bond donors (Lipinski definition) is 2. The zero-order valence-electron chi connectivity index (χ0n) is 9.64. The summed E-state index contributed by atoms with van der Waals surface area (Å²) in [7, 11) is 0. The van der Waals surface area contributed by atoms with Crippen molar-refractivity contribution in [2.75, 3.05) is 6.54 Å². The zero-order chi connectivity index (χ0) is 11.7. The summed E-state index contributed by atoms with van der Waals surface area (Å²) < 4.78 is -0.564. The summed E-state index contributed by atoms with van der Waals surface area (Å²) in [5.74, 6) is 0.200. The Balaban J connectivity index is 2.47. The van der Waals surface area contributed by atoms with Crippen LogP contribution in [0, 0.1) is 5.92 Å². The minimum absolute atomic E-state index is 0.0741. The van der Waals surface area contributed by atoms with E-state index in [0.717, 1.165) is 19.3 Å². The number of carbonyl (C=O) groups excluding carboxylic acids is 1. The molecule has 0 aromatic heterocycles. The minimum Gasteiger partial charge on any atom is -0.388 e. The Kier molecular flexibility index (Phi) is 3.82. The molecule has 2 unspecified atom stereocenters. The van der Waals surface area contributed by atoms with E-state index in [-0.39, 0.29) is 11.8 Å². The molecule has 3 nitrogen and oxygen atoms in total. The van der Waals surface area contributed by atoms with Gasteiger partial charge in [0.25, 0.3) is 0 Å². The Hall–Kier alpha value is -0.0900. The first-order valence-corrected chi connectivity index (χ1v) is 6.24. The molecule has 0 saturated heterocycles. The molecular weight excluding hydrogens is 258 g/mol. The molecule has 0 spiro atoms. The number of halogens is 1. The maximum Gasteiger partial charge on any atom is 0.236 e. The predicted octanol–water partition coefficient (Wildman–Crippen LogP) is 1.83. The molecule has 0 radical (unpaired) electrons. The van der Waals surface area contributed by atoms with Crippen molar-refractivity contribution in [2.24, 2.45) is 5.92 Å². The van der Waals surface area contributed by atoms with Gasteiger partial charge in [0.15, 0.2) is 0 Å². The molecule has 4 heteroatoms. The summed E-state index contributed by atoms with van der Waals surface area (Å²) in [6.45, 7) is 6.00. The van der Waals surface area contributed by atoms with E-state index in [1.165, 1.54) is 0 Å². The van der Waals surface area contributed by atoms with Gasteiger partial charge in [-0.15, -0.1) is 0 Å². The van der Waals surface area contributed by atoms with Crippen molar-refractivity contribution in [3.05, 3.63) is 0 Å². The zero-order valence-corrected chi connectivity index (χ0v) is 11.2. The van der Waals surface area contributed by atoms with Crippen LogP contribution >= 0.6 is 15.9 Å². The number of rotatable bonds is 3. The summed E-state index contributed by atoms with van der Waals surface area (Å²) in [6, 6.07) is 0. The molecular formula is C11H20BrNO2. The molecule has 88 valence electrons. The van der Waals surface area contributed by atoms with Crippen LogP contribution in [0.2, 0.25) is 0 Å². The molecule has 0 aromatic carbocycles. The van der Waals surface area contributed by atoms with Crippen LogP contribution in [0.4, 0.5) is 0 Å². The van der Waals surface area contributed by atoms with E-state index in [1.54, 1.807) is 13.8 Å². The lowest BCUT2D eigenvalue weighted by atomic mass is 9.92. The van der Waals surface area contributed by atoms with Gasteiger partial charge in [0.2, 0.25) is 5.91 Å². The first-order chi connectivity index (χ1) is 6.76. The molecule has 0 aliphatic heterocycles. The molecule has 0 heterocycles. The minimum atomic E-state index is -0.700. The highest BCUT2D eigenvalue weighted by Gasteiger charge is 2.39. The largest absolute Gasteiger partial charge is 0.388 e. The maximum absolute atomic E-state index is 11.6. The second-order valence-electron chi connectivity index (χ2n) is 5.05. The van der Waals surface area contributed by atoms with Gasteiger partial charge in [0.1, 0.15) is 0 Å². The molecule has 1 amide bonds. The Morgan fingerprint density at radius 3 is 2.67 bits per heavy atom. The quantitative estimate of drug-likeness (QED) is 0.774. The summed E-state index contributed by atoms with van der Waals surface area (Å²) in [6.07, 6.45) is 2.88. The second-order valence-corrected chi connectivity index (χ2v) is 7.03. The van der Waals surface area contributed by atoms with Crippen molar-refractivity contribution in [3.8, 4) is 0 Å². The first-order valence-electron chi connectivity index (χ1n) is 5.45. The molecule has 1 saturated carbocycles. The van der Waals surface area contributed by atoms with Crippen molar-refractivity contribution < 1.29 is 9.90 Å². The standard InChI is InChI=1S/C11H20BrNO2/c1-8-5-4-6-11(8,15)7-13-9(14)10(2,3)12/h8,15H,4-7H2,1-3H3,(H,13,14). The van der Waals surface area contributed by atoms with E-state index in [2.05, 4.69) is 21.2 Å². The lowest BCUT2D eigenvalue weighted by Gasteiger charge is -2.29. The van der Waals surface area contributed by atoms with Gasteiger partial charge in [0.05, 0.1) is 9.93 Å². The smallest absolute Gasteiger partial charge is 0.236 e. The molecule has 1 rings (SSSR count). The normalized spacial score (nSPS) is 31.7. The number of carbonyl (C=O) groups is 1. The van der Waals surface area contributed by atoms with E-state index < -0.39 is 9.93 Å². The molecule has 0 aromatic rings. The van der Waals surface area contributed by atoms with Crippen LogP contribution in [0.5, 0.6) is 0 Å². The third-order valence-electron chi connectivity index (χ3n) is 3.26. The van der Waals surface area contributed by atoms with Crippen molar-refractivity contribution in [3.63, 3.8) is 0 Å². The third-order valence-corrected chi connectivity index (χ3v) is 3.62. The summed E-state index contributed by atoms with van der Waals surface area (Å²) in [4.78, 5) is 11.6. The number of amides is 1. The monoisotopic (exact) mass is 277 g/mol. The van der Waals surface area contributed by atoms with Gasteiger partial charge >= 0.3 is 0 Å². The van der Waals surface area contributed by atoms with Crippen LogP contribution in [-0.4, -0.2) is 27.5 Å². The van der Waals surface area contributed by atoms with Gasteiger partial charge in [-0.1, -0.05) is 29.3 Å². The Morgan fingerprint density at radius 1 is 1.67 bits per heavy atom. The molecule has 0 bridgehead atoms. The number of aliphatic hydroxyl groups is 1. The van der Waals surface area contributed by atoms with Gasteiger partial charge in [-0.2, -0.15) is 0 Å². The molecule has 1 aliphatic carbocycles.